The van der Waals surface area contributed by atoms with Crippen molar-refractivity contribution in [2.45, 2.75) is 12.3 Å². The smallest absolute Gasteiger partial charge is 0.337 e. The Balaban J connectivity index is 2.35. The highest BCUT2D eigenvalue weighted by molar-refractivity contribution is 5.89. The number of pyridine rings is 1. The van der Waals surface area contributed by atoms with Crippen LogP contribution in [-0.4, -0.2) is 29.3 Å². The normalized spacial score (nSPS) is 21.0. The van der Waals surface area contributed by atoms with E-state index in [9.17, 15) is 4.79 Å². The van der Waals surface area contributed by atoms with E-state index < -0.39 is 5.97 Å². The number of carboxylic acid groups (broad SMARTS) is 1. The molecular weight excluding hydrogens is 182 g/mol. The summed E-state index contributed by atoms with van der Waals surface area (Å²) in [5.74, 6) is -0.776. The minimum Gasteiger partial charge on any atom is -0.478 e. The van der Waals surface area contributed by atoms with Crippen molar-refractivity contribution in [2.75, 3.05) is 13.2 Å². The molecule has 0 bridgehead atoms. The van der Waals surface area contributed by atoms with Gasteiger partial charge in [-0.1, -0.05) is 0 Å². The quantitative estimate of drug-likeness (QED) is 0.768. The summed E-state index contributed by atoms with van der Waals surface area (Å²) in [5, 5.41) is 8.95. The van der Waals surface area contributed by atoms with Crippen molar-refractivity contribution in [1.82, 2.24) is 4.98 Å². The number of carbonyl (C=O) groups is 1. The molecule has 1 aromatic rings. The molecule has 0 saturated carbocycles. The number of nitrogens with zero attached hydrogens (tertiary/aromatic N) is 1. The fourth-order valence-electron chi connectivity index (χ4n) is 1.67. The number of hydrogen-bond donors (Lipinski definition) is 1. The molecule has 0 aliphatic carbocycles. The number of aromatic carboxylic acids is 1. The van der Waals surface area contributed by atoms with Gasteiger partial charge in [-0.3, -0.25) is 4.98 Å². The molecule has 0 spiro atoms. The van der Waals surface area contributed by atoms with E-state index in [1.165, 1.54) is 0 Å². The van der Waals surface area contributed by atoms with E-state index in [0.717, 1.165) is 6.42 Å². The maximum absolute atomic E-state index is 10.9. The summed E-state index contributed by atoms with van der Waals surface area (Å²) in [7, 11) is 0. The van der Waals surface area contributed by atoms with Crippen LogP contribution in [0.1, 0.15) is 28.4 Å². The second-order valence-electron chi connectivity index (χ2n) is 3.30. The molecule has 2 rings (SSSR count). The Morgan fingerprint density at radius 2 is 2.50 bits per heavy atom. The molecular formula is C10H11NO3. The van der Waals surface area contributed by atoms with Gasteiger partial charge in [0.25, 0.3) is 0 Å². The average molecular weight is 193 g/mol. The first-order valence-corrected chi connectivity index (χ1v) is 4.55. The number of hydrogen-bond acceptors (Lipinski definition) is 3. The van der Waals surface area contributed by atoms with Crippen LogP contribution >= 0.6 is 0 Å². The molecule has 1 N–H and O–H groups in total. The highest BCUT2D eigenvalue weighted by atomic mass is 16.5. The highest BCUT2D eigenvalue weighted by Crippen LogP contribution is 2.25. The van der Waals surface area contributed by atoms with Crippen LogP contribution < -0.4 is 0 Å². The summed E-state index contributed by atoms with van der Waals surface area (Å²) >= 11 is 0. The summed E-state index contributed by atoms with van der Waals surface area (Å²) in [5.41, 5.74) is 0.945. The van der Waals surface area contributed by atoms with Gasteiger partial charge in [0, 0.05) is 18.7 Å². The van der Waals surface area contributed by atoms with Crippen LogP contribution in [0.5, 0.6) is 0 Å². The van der Waals surface area contributed by atoms with Crippen molar-refractivity contribution in [3.05, 3.63) is 29.6 Å². The van der Waals surface area contributed by atoms with E-state index in [1.807, 2.05) is 0 Å². The molecule has 1 saturated heterocycles. The van der Waals surface area contributed by atoms with E-state index in [4.69, 9.17) is 9.84 Å². The zero-order chi connectivity index (χ0) is 9.97. The van der Waals surface area contributed by atoms with Crippen molar-refractivity contribution in [3.8, 4) is 0 Å². The topological polar surface area (TPSA) is 59.4 Å². The lowest BCUT2D eigenvalue weighted by molar-refractivity contribution is 0.0694. The minimum atomic E-state index is -0.917. The lowest BCUT2D eigenvalue weighted by Gasteiger charge is -2.09. The summed E-state index contributed by atoms with van der Waals surface area (Å²) in [6, 6.07) is 3.23. The van der Waals surface area contributed by atoms with Crippen LogP contribution in [0.4, 0.5) is 0 Å². The number of ether oxygens (including phenoxy) is 1. The van der Waals surface area contributed by atoms with E-state index in [1.54, 1.807) is 18.3 Å². The van der Waals surface area contributed by atoms with Crippen molar-refractivity contribution < 1.29 is 14.6 Å². The molecule has 4 heteroatoms. The first-order valence-electron chi connectivity index (χ1n) is 4.55. The molecule has 1 atom stereocenters. The van der Waals surface area contributed by atoms with Crippen LogP contribution in [0, 0.1) is 0 Å². The standard InChI is InChI=1S/C10H11NO3/c12-10(13)8-2-1-4-11-9(8)7-3-5-14-6-7/h1-2,4,7H,3,5-6H2,(H,12,13)/t7-/m0/s1. The van der Waals surface area contributed by atoms with Gasteiger partial charge in [0.2, 0.25) is 0 Å². The van der Waals surface area contributed by atoms with Crippen molar-refractivity contribution in [2.24, 2.45) is 0 Å². The predicted octanol–water partition coefficient (Wildman–Crippen LogP) is 1.28. The third kappa shape index (κ3) is 1.61. The van der Waals surface area contributed by atoms with Crippen molar-refractivity contribution in [3.63, 3.8) is 0 Å². The summed E-state index contributed by atoms with van der Waals surface area (Å²) in [6.45, 7) is 1.28. The van der Waals surface area contributed by atoms with Gasteiger partial charge >= 0.3 is 5.97 Å². The first kappa shape index (κ1) is 9.15. The molecule has 0 aromatic carbocycles. The van der Waals surface area contributed by atoms with Crippen LogP contribution in [0.2, 0.25) is 0 Å². The third-order valence-corrected chi connectivity index (χ3v) is 2.39. The van der Waals surface area contributed by atoms with Crippen molar-refractivity contribution >= 4 is 5.97 Å². The molecule has 4 nitrogen and oxygen atoms in total. The molecule has 1 aliphatic rings. The van der Waals surface area contributed by atoms with Gasteiger partial charge in [0.05, 0.1) is 17.9 Å². The first-order chi connectivity index (χ1) is 6.79. The molecule has 0 unspecified atom stereocenters. The largest absolute Gasteiger partial charge is 0.478 e. The second kappa shape index (κ2) is 3.75. The molecule has 1 aromatic heterocycles. The minimum absolute atomic E-state index is 0.141. The maximum Gasteiger partial charge on any atom is 0.337 e. The zero-order valence-electron chi connectivity index (χ0n) is 7.64. The van der Waals surface area contributed by atoms with E-state index >= 15 is 0 Å². The Hall–Kier alpha value is -1.42. The third-order valence-electron chi connectivity index (χ3n) is 2.39. The van der Waals surface area contributed by atoms with Crippen LogP contribution in [0.15, 0.2) is 18.3 Å². The van der Waals surface area contributed by atoms with Crippen LogP contribution in [0.3, 0.4) is 0 Å². The molecule has 74 valence electrons. The Morgan fingerprint density at radius 3 is 3.14 bits per heavy atom. The van der Waals surface area contributed by atoms with Gasteiger partial charge in [-0.2, -0.15) is 0 Å². The van der Waals surface area contributed by atoms with Gasteiger partial charge in [-0.05, 0) is 18.6 Å². The van der Waals surface area contributed by atoms with Gasteiger partial charge in [0.1, 0.15) is 0 Å². The number of rotatable bonds is 2. The monoisotopic (exact) mass is 193 g/mol. The molecule has 14 heavy (non-hydrogen) atoms. The molecule has 1 aliphatic heterocycles. The van der Waals surface area contributed by atoms with Gasteiger partial charge < -0.3 is 9.84 Å². The molecule has 2 heterocycles. The highest BCUT2D eigenvalue weighted by Gasteiger charge is 2.23. The van der Waals surface area contributed by atoms with E-state index in [2.05, 4.69) is 4.98 Å². The Labute approximate surface area is 81.5 Å². The van der Waals surface area contributed by atoms with E-state index in [0.29, 0.717) is 24.5 Å². The molecule has 1 fully saturated rings. The second-order valence-corrected chi connectivity index (χ2v) is 3.30. The fourth-order valence-corrected chi connectivity index (χ4v) is 1.67. The lowest BCUT2D eigenvalue weighted by Crippen LogP contribution is -2.09. The fraction of sp³-hybridized carbons (Fsp3) is 0.400. The maximum atomic E-state index is 10.9. The average Bonchev–Trinajstić information content (AvgIpc) is 2.70. The van der Waals surface area contributed by atoms with E-state index in [-0.39, 0.29) is 5.92 Å². The van der Waals surface area contributed by atoms with Crippen LogP contribution in [0.25, 0.3) is 0 Å². The molecule has 0 amide bonds. The van der Waals surface area contributed by atoms with Crippen molar-refractivity contribution in [1.29, 1.82) is 0 Å². The zero-order valence-corrected chi connectivity index (χ0v) is 7.64. The SMILES string of the molecule is O=C(O)c1cccnc1[C@H]1CCOC1. The summed E-state index contributed by atoms with van der Waals surface area (Å²) in [4.78, 5) is 15.0. The van der Waals surface area contributed by atoms with Gasteiger partial charge in [-0.15, -0.1) is 0 Å². The Bertz CT molecular complexity index is 345. The lowest BCUT2D eigenvalue weighted by atomic mass is 9.99. The predicted molar refractivity (Wildman–Crippen MR) is 49.4 cm³/mol. The number of aromatic nitrogens is 1. The summed E-state index contributed by atoms with van der Waals surface area (Å²) < 4.78 is 5.21. The Kier molecular flexibility index (Phi) is 2.45. The van der Waals surface area contributed by atoms with Crippen LogP contribution in [-0.2, 0) is 4.74 Å². The summed E-state index contributed by atoms with van der Waals surface area (Å²) in [6.07, 6.45) is 2.48. The number of carboxylic acids is 1. The Morgan fingerprint density at radius 1 is 1.64 bits per heavy atom. The molecule has 0 radical (unpaired) electrons. The van der Waals surface area contributed by atoms with Gasteiger partial charge in [0.15, 0.2) is 0 Å². The van der Waals surface area contributed by atoms with Gasteiger partial charge in [-0.25, -0.2) is 4.79 Å².